The minimum absolute atomic E-state index is 0.197. The molecule has 0 unspecified atom stereocenters. The van der Waals surface area contributed by atoms with Crippen LogP contribution in [0, 0.1) is 0 Å². The molecule has 29 heavy (non-hydrogen) atoms. The van der Waals surface area contributed by atoms with Gasteiger partial charge in [0.25, 0.3) is 0 Å². The number of hydrogen-bond donors (Lipinski definition) is 0. The summed E-state index contributed by atoms with van der Waals surface area (Å²) in [7, 11) is 4.22. The molecule has 1 aliphatic heterocycles. The van der Waals surface area contributed by atoms with E-state index < -0.39 is 22.8 Å². The van der Waals surface area contributed by atoms with E-state index in [0.29, 0.717) is 0 Å². The van der Waals surface area contributed by atoms with Crippen LogP contribution in [0.2, 0.25) is 0 Å². The van der Waals surface area contributed by atoms with Crippen LogP contribution in [0.15, 0.2) is 81.4 Å². The van der Waals surface area contributed by atoms with Crippen molar-refractivity contribution in [3.05, 3.63) is 77.9 Å². The highest BCUT2D eigenvalue weighted by Crippen LogP contribution is 2.47. The summed E-state index contributed by atoms with van der Waals surface area (Å²) in [6.45, 7) is 0. The third kappa shape index (κ3) is 3.15. The predicted octanol–water partition coefficient (Wildman–Crippen LogP) is 4.44. The number of esters is 2. The van der Waals surface area contributed by atoms with Crippen LogP contribution in [0.3, 0.4) is 0 Å². The van der Waals surface area contributed by atoms with Crippen molar-refractivity contribution in [3.63, 3.8) is 0 Å². The zero-order valence-electron chi connectivity index (χ0n) is 16.3. The molecule has 6 heteroatoms. The van der Waals surface area contributed by atoms with Gasteiger partial charge in [0.2, 0.25) is 0 Å². The van der Waals surface area contributed by atoms with Crippen molar-refractivity contribution in [1.82, 2.24) is 0 Å². The molecule has 4 rings (SSSR count). The lowest BCUT2D eigenvalue weighted by atomic mass is 10.1. The number of para-hydroxylation sites is 2. The summed E-state index contributed by atoms with van der Waals surface area (Å²) in [5.74, 6) is -1.13. The quantitative estimate of drug-likeness (QED) is 0.476. The minimum Gasteiger partial charge on any atom is -0.465 e. The van der Waals surface area contributed by atoms with Gasteiger partial charge in [-0.25, -0.2) is 9.59 Å². The summed E-state index contributed by atoms with van der Waals surface area (Å²) < 4.78 is 9.75. The maximum absolute atomic E-state index is 12.4. The largest absolute Gasteiger partial charge is 0.465 e. The number of fused-ring (bicyclic) bond motifs is 2. The fourth-order valence-corrected chi connectivity index (χ4v) is 5.98. The number of rotatable bonds is 3. The second-order valence-corrected chi connectivity index (χ2v) is 8.45. The molecule has 0 fully saturated rings. The average molecular weight is 406 g/mol. The summed E-state index contributed by atoms with van der Waals surface area (Å²) in [6, 6.07) is 21.8. The van der Waals surface area contributed by atoms with Gasteiger partial charge in [-0.1, -0.05) is 24.3 Å². The van der Waals surface area contributed by atoms with E-state index >= 15 is 0 Å². The summed E-state index contributed by atoms with van der Waals surface area (Å²) >= 11 is 0. The number of anilines is 2. The van der Waals surface area contributed by atoms with Crippen LogP contribution >= 0.6 is 0 Å². The monoisotopic (exact) mass is 406 g/mol. The zero-order valence-corrected chi connectivity index (χ0v) is 17.2. The first kappa shape index (κ1) is 19.1. The minimum atomic E-state index is -0.565. The van der Waals surface area contributed by atoms with Gasteiger partial charge in [0.1, 0.15) is 10.9 Å². The maximum atomic E-state index is 12.4. The van der Waals surface area contributed by atoms with Crippen molar-refractivity contribution in [2.75, 3.05) is 26.2 Å². The molecule has 0 radical (unpaired) electrons. The van der Waals surface area contributed by atoms with Gasteiger partial charge in [-0.05, 0) is 36.4 Å². The first-order chi connectivity index (χ1) is 14.1. The maximum Gasteiger partial charge on any atom is 0.338 e. The molecule has 0 saturated carbocycles. The lowest BCUT2D eigenvalue weighted by molar-refractivity contribution is 0.0555. The molecule has 5 nitrogen and oxygen atoms in total. The zero-order chi connectivity index (χ0) is 20.5. The summed E-state index contributed by atoms with van der Waals surface area (Å²) in [6.07, 6.45) is 0. The third-order valence-electron chi connectivity index (χ3n) is 4.93. The Kier molecular flexibility index (Phi) is 5.03. The van der Waals surface area contributed by atoms with E-state index in [1.807, 2.05) is 30.3 Å². The van der Waals surface area contributed by atoms with Crippen LogP contribution in [-0.2, 0) is 20.4 Å². The molecule has 0 saturated heterocycles. The van der Waals surface area contributed by atoms with E-state index in [1.54, 1.807) is 12.1 Å². The fourth-order valence-electron chi connectivity index (χ4n) is 3.53. The molecule has 0 aromatic heterocycles. The number of ether oxygens (including phenoxy) is 2. The Morgan fingerprint density at radius 2 is 1.28 bits per heavy atom. The molecule has 3 aromatic carbocycles. The first-order valence-corrected chi connectivity index (χ1v) is 10.3. The SMILES string of the molecule is COC(=O)c1ccc([S+]2c3ccccc3N(C)c3ccccc32)cc1C(=O)OC. The molecule has 1 heterocycles. The van der Waals surface area contributed by atoms with Crippen LogP contribution in [-0.4, -0.2) is 33.2 Å². The standard InChI is InChI=1S/C23H20NO4S/c1-24-18-8-4-6-10-20(18)29(21-11-7-5-9-19(21)24)15-12-13-16(22(25)27-2)17(14-15)23(26)28-3/h4-14H,1-3H3/q+1. The molecule has 0 aliphatic carbocycles. The van der Waals surface area contributed by atoms with E-state index in [9.17, 15) is 9.59 Å². The van der Waals surface area contributed by atoms with Gasteiger partial charge in [0.05, 0.1) is 36.7 Å². The smallest absolute Gasteiger partial charge is 0.338 e. The van der Waals surface area contributed by atoms with Crippen molar-refractivity contribution in [1.29, 1.82) is 0 Å². The van der Waals surface area contributed by atoms with Crippen molar-refractivity contribution in [2.24, 2.45) is 0 Å². The van der Waals surface area contributed by atoms with Crippen molar-refractivity contribution >= 4 is 34.2 Å². The lowest BCUT2D eigenvalue weighted by Gasteiger charge is -2.28. The van der Waals surface area contributed by atoms with Gasteiger partial charge in [-0.2, -0.15) is 0 Å². The first-order valence-electron chi connectivity index (χ1n) is 9.03. The van der Waals surface area contributed by atoms with Crippen LogP contribution in [0.25, 0.3) is 0 Å². The Bertz CT molecular complexity index is 1060. The number of nitrogens with zero attached hydrogens (tertiary/aromatic N) is 1. The Labute approximate surface area is 172 Å². The van der Waals surface area contributed by atoms with Crippen molar-refractivity contribution in [2.45, 2.75) is 14.7 Å². The highest BCUT2D eigenvalue weighted by atomic mass is 32.2. The van der Waals surface area contributed by atoms with Gasteiger partial charge in [-0.3, -0.25) is 0 Å². The molecule has 3 aromatic rings. The van der Waals surface area contributed by atoms with E-state index in [-0.39, 0.29) is 11.1 Å². The molecular weight excluding hydrogens is 386 g/mol. The van der Waals surface area contributed by atoms with Crippen LogP contribution in [0.4, 0.5) is 11.4 Å². The van der Waals surface area contributed by atoms with E-state index in [4.69, 9.17) is 9.47 Å². The van der Waals surface area contributed by atoms with Gasteiger partial charge < -0.3 is 14.4 Å². The molecule has 0 amide bonds. The summed E-state index contributed by atoms with van der Waals surface area (Å²) in [5, 5.41) is 0. The number of carbonyl (C=O) groups excluding carboxylic acids is 2. The molecule has 146 valence electrons. The Hall–Kier alpha value is -3.25. The Balaban J connectivity index is 1.95. The predicted molar refractivity (Wildman–Crippen MR) is 112 cm³/mol. The van der Waals surface area contributed by atoms with E-state index in [0.717, 1.165) is 26.1 Å². The van der Waals surface area contributed by atoms with E-state index in [2.05, 4.69) is 36.2 Å². The second kappa shape index (κ2) is 7.64. The number of carbonyl (C=O) groups is 2. The average Bonchev–Trinajstić information content (AvgIpc) is 2.78. The Morgan fingerprint density at radius 1 is 0.759 bits per heavy atom. The van der Waals surface area contributed by atoms with Gasteiger partial charge in [0.15, 0.2) is 14.7 Å². The van der Waals surface area contributed by atoms with Crippen LogP contribution in [0.1, 0.15) is 20.7 Å². The van der Waals surface area contributed by atoms with Crippen LogP contribution < -0.4 is 4.90 Å². The third-order valence-corrected chi connectivity index (χ3v) is 7.23. The molecule has 0 bridgehead atoms. The topological polar surface area (TPSA) is 55.8 Å². The molecule has 1 aliphatic rings. The van der Waals surface area contributed by atoms with Gasteiger partial charge >= 0.3 is 11.9 Å². The molecular formula is C23H20NO4S+. The second-order valence-electron chi connectivity index (χ2n) is 6.49. The number of hydrogen-bond acceptors (Lipinski definition) is 5. The summed E-state index contributed by atoms with van der Waals surface area (Å²) in [4.78, 5) is 30.0. The molecule has 0 spiro atoms. The highest BCUT2D eigenvalue weighted by molar-refractivity contribution is 7.97. The van der Waals surface area contributed by atoms with Crippen molar-refractivity contribution in [3.8, 4) is 0 Å². The van der Waals surface area contributed by atoms with E-state index in [1.165, 1.54) is 14.2 Å². The Morgan fingerprint density at radius 3 is 1.83 bits per heavy atom. The summed E-state index contributed by atoms with van der Waals surface area (Å²) in [5.41, 5.74) is 2.64. The molecule has 0 atom stereocenters. The van der Waals surface area contributed by atoms with Crippen LogP contribution in [0.5, 0.6) is 0 Å². The highest BCUT2D eigenvalue weighted by Gasteiger charge is 2.40. The lowest BCUT2D eigenvalue weighted by Crippen LogP contribution is -2.23. The van der Waals surface area contributed by atoms with Gasteiger partial charge in [-0.15, -0.1) is 0 Å². The number of benzene rings is 3. The normalized spacial score (nSPS) is 12.7. The van der Waals surface area contributed by atoms with Crippen molar-refractivity contribution < 1.29 is 19.1 Å². The molecule has 0 N–H and O–H groups in total. The fraction of sp³-hybridized carbons (Fsp3) is 0.130. The van der Waals surface area contributed by atoms with Gasteiger partial charge in [0, 0.05) is 13.1 Å². The number of methoxy groups -OCH3 is 2.